The Morgan fingerprint density at radius 1 is 1.56 bits per heavy atom. The Kier molecular flexibility index (Phi) is 2.27. The van der Waals surface area contributed by atoms with Crippen molar-refractivity contribution in [3.63, 3.8) is 0 Å². The number of rotatable bonds is 0. The Bertz CT molecular complexity index is 548. The van der Waals surface area contributed by atoms with E-state index in [0.717, 1.165) is 27.2 Å². The molecule has 1 atom stereocenters. The lowest BCUT2D eigenvalue weighted by Crippen LogP contribution is -2.04. The summed E-state index contributed by atoms with van der Waals surface area (Å²) in [6, 6.07) is 0. The Morgan fingerprint density at radius 2 is 2.38 bits per heavy atom. The van der Waals surface area contributed by atoms with Crippen LogP contribution in [0.2, 0.25) is 5.02 Å². The summed E-state index contributed by atoms with van der Waals surface area (Å²) in [4.78, 5) is 0. The van der Waals surface area contributed by atoms with E-state index in [2.05, 4.69) is 10.2 Å². The monoisotopic (exact) mass is 255 g/mol. The minimum absolute atomic E-state index is 0.0585. The zero-order chi connectivity index (χ0) is 11.3. The fraction of sp³-hybridized carbons (Fsp3) is 0.400. The average Bonchev–Trinajstić information content (AvgIpc) is 2.75. The normalized spacial score (nSPS) is 19.1. The topological polar surface area (TPSA) is 39.9 Å². The van der Waals surface area contributed by atoms with E-state index in [1.165, 1.54) is 0 Å². The van der Waals surface area contributed by atoms with Crippen LogP contribution in [0.15, 0.2) is 5.38 Å². The van der Waals surface area contributed by atoms with Gasteiger partial charge in [0, 0.05) is 10.9 Å². The molecule has 0 fully saturated rings. The SMILES string of the molecule is Cc1nnc2n1-c1scc(Cl)c1CO[C@H]2C. The lowest BCUT2D eigenvalue weighted by Gasteiger charge is -2.07. The first-order valence-electron chi connectivity index (χ1n) is 4.98. The molecule has 0 N–H and O–H groups in total. The highest BCUT2D eigenvalue weighted by molar-refractivity contribution is 7.13. The molecular weight excluding hydrogens is 246 g/mol. The van der Waals surface area contributed by atoms with Gasteiger partial charge in [-0.1, -0.05) is 11.6 Å². The molecule has 0 spiro atoms. The third-order valence-electron chi connectivity index (χ3n) is 2.71. The lowest BCUT2D eigenvalue weighted by molar-refractivity contribution is 0.0497. The van der Waals surface area contributed by atoms with Crippen LogP contribution in [0.3, 0.4) is 0 Å². The van der Waals surface area contributed by atoms with Gasteiger partial charge in [0.05, 0.1) is 11.6 Å². The molecule has 3 rings (SSSR count). The molecule has 4 nitrogen and oxygen atoms in total. The maximum Gasteiger partial charge on any atom is 0.167 e. The minimum Gasteiger partial charge on any atom is -0.366 e. The van der Waals surface area contributed by atoms with Gasteiger partial charge in [-0.3, -0.25) is 4.57 Å². The van der Waals surface area contributed by atoms with Crippen molar-refractivity contribution in [1.82, 2.24) is 14.8 Å². The Hall–Kier alpha value is -0.910. The summed E-state index contributed by atoms with van der Waals surface area (Å²) in [5.41, 5.74) is 1.03. The molecule has 2 aromatic heterocycles. The molecule has 0 saturated carbocycles. The van der Waals surface area contributed by atoms with Crippen LogP contribution in [0.1, 0.15) is 30.2 Å². The number of hydrogen-bond donors (Lipinski definition) is 0. The van der Waals surface area contributed by atoms with E-state index in [9.17, 15) is 0 Å². The predicted molar refractivity (Wildman–Crippen MR) is 62.2 cm³/mol. The van der Waals surface area contributed by atoms with Gasteiger partial charge in [-0.05, 0) is 13.8 Å². The van der Waals surface area contributed by atoms with Gasteiger partial charge in [0.2, 0.25) is 0 Å². The number of nitrogens with zero attached hydrogens (tertiary/aromatic N) is 3. The van der Waals surface area contributed by atoms with E-state index in [-0.39, 0.29) is 6.10 Å². The molecule has 0 saturated heterocycles. The van der Waals surface area contributed by atoms with Crippen LogP contribution in [0.5, 0.6) is 0 Å². The molecule has 2 aromatic rings. The molecule has 0 unspecified atom stereocenters. The molecule has 84 valence electrons. The summed E-state index contributed by atoms with van der Waals surface area (Å²) in [7, 11) is 0. The van der Waals surface area contributed by atoms with Crippen molar-refractivity contribution in [2.45, 2.75) is 26.6 Å². The Balaban J connectivity index is 2.31. The summed E-state index contributed by atoms with van der Waals surface area (Å²) in [5.74, 6) is 1.71. The van der Waals surface area contributed by atoms with Crippen LogP contribution in [-0.2, 0) is 11.3 Å². The molecule has 3 heterocycles. The Labute approximate surface area is 102 Å². The first-order valence-corrected chi connectivity index (χ1v) is 6.24. The fourth-order valence-electron chi connectivity index (χ4n) is 1.85. The number of fused-ring (bicyclic) bond motifs is 3. The maximum atomic E-state index is 6.14. The molecule has 1 aliphatic heterocycles. The van der Waals surface area contributed by atoms with E-state index in [4.69, 9.17) is 16.3 Å². The van der Waals surface area contributed by atoms with Crippen LogP contribution in [0.25, 0.3) is 5.00 Å². The smallest absolute Gasteiger partial charge is 0.167 e. The maximum absolute atomic E-state index is 6.14. The molecule has 1 aliphatic rings. The molecule has 0 amide bonds. The van der Waals surface area contributed by atoms with Crippen molar-refractivity contribution in [2.24, 2.45) is 0 Å². The standard InChI is InChI=1S/C10H10ClN3OS/c1-5-9-13-12-6(2)14(9)10-7(3-15-5)8(11)4-16-10/h4-5H,3H2,1-2H3/t5-/m0/s1. The first-order chi connectivity index (χ1) is 7.68. The zero-order valence-corrected chi connectivity index (χ0v) is 10.5. The quantitative estimate of drug-likeness (QED) is 0.727. The second kappa shape index (κ2) is 3.55. The van der Waals surface area contributed by atoms with E-state index in [1.807, 2.05) is 23.8 Å². The van der Waals surface area contributed by atoms with Gasteiger partial charge in [-0.25, -0.2) is 0 Å². The number of aromatic nitrogens is 3. The van der Waals surface area contributed by atoms with Gasteiger partial charge in [-0.15, -0.1) is 21.5 Å². The highest BCUT2D eigenvalue weighted by atomic mass is 35.5. The number of halogens is 1. The Morgan fingerprint density at radius 3 is 3.19 bits per heavy atom. The van der Waals surface area contributed by atoms with Gasteiger partial charge in [0.15, 0.2) is 5.82 Å². The number of thiophene rings is 1. The third kappa shape index (κ3) is 1.32. The molecule has 0 aromatic carbocycles. The number of hydrogen-bond acceptors (Lipinski definition) is 4. The minimum atomic E-state index is -0.0585. The van der Waals surface area contributed by atoms with Gasteiger partial charge in [0.1, 0.15) is 16.9 Å². The number of aryl methyl sites for hydroxylation is 1. The van der Waals surface area contributed by atoms with Gasteiger partial charge in [0.25, 0.3) is 0 Å². The molecule has 0 aliphatic carbocycles. The van der Waals surface area contributed by atoms with Crippen LogP contribution in [0, 0.1) is 6.92 Å². The van der Waals surface area contributed by atoms with Crippen molar-refractivity contribution in [3.8, 4) is 5.00 Å². The van der Waals surface area contributed by atoms with Gasteiger partial charge < -0.3 is 4.74 Å². The molecular formula is C10H10ClN3OS. The summed E-state index contributed by atoms with van der Waals surface area (Å²) in [5, 5.41) is 12.0. The van der Waals surface area contributed by atoms with Crippen LogP contribution < -0.4 is 0 Å². The largest absolute Gasteiger partial charge is 0.366 e. The lowest BCUT2D eigenvalue weighted by atomic mass is 10.3. The van der Waals surface area contributed by atoms with Crippen molar-refractivity contribution in [1.29, 1.82) is 0 Å². The summed E-state index contributed by atoms with van der Waals surface area (Å²) in [6.07, 6.45) is -0.0585. The third-order valence-corrected chi connectivity index (χ3v) is 4.19. The van der Waals surface area contributed by atoms with Gasteiger partial charge in [-0.2, -0.15) is 0 Å². The number of ether oxygens (including phenoxy) is 1. The highest BCUT2D eigenvalue weighted by Gasteiger charge is 2.26. The van der Waals surface area contributed by atoms with Crippen LogP contribution in [-0.4, -0.2) is 14.8 Å². The van der Waals surface area contributed by atoms with Crippen LogP contribution in [0.4, 0.5) is 0 Å². The summed E-state index contributed by atoms with van der Waals surface area (Å²) in [6.45, 7) is 4.44. The summed E-state index contributed by atoms with van der Waals surface area (Å²) >= 11 is 7.74. The summed E-state index contributed by atoms with van der Waals surface area (Å²) < 4.78 is 7.74. The van der Waals surface area contributed by atoms with E-state index < -0.39 is 0 Å². The zero-order valence-electron chi connectivity index (χ0n) is 8.90. The molecule has 6 heteroatoms. The molecule has 0 bridgehead atoms. The molecule has 16 heavy (non-hydrogen) atoms. The average molecular weight is 256 g/mol. The van der Waals surface area contributed by atoms with E-state index >= 15 is 0 Å². The van der Waals surface area contributed by atoms with E-state index in [0.29, 0.717) is 6.61 Å². The van der Waals surface area contributed by atoms with Crippen molar-refractivity contribution < 1.29 is 4.74 Å². The highest BCUT2D eigenvalue weighted by Crippen LogP contribution is 2.37. The molecule has 0 radical (unpaired) electrons. The van der Waals surface area contributed by atoms with Crippen molar-refractivity contribution in [2.75, 3.05) is 0 Å². The van der Waals surface area contributed by atoms with Crippen molar-refractivity contribution in [3.05, 3.63) is 27.6 Å². The van der Waals surface area contributed by atoms with Gasteiger partial charge >= 0.3 is 0 Å². The van der Waals surface area contributed by atoms with Crippen molar-refractivity contribution >= 4 is 22.9 Å². The van der Waals surface area contributed by atoms with E-state index in [1.54, 1.807) is 11.3 Å². The van der Waals surface area contributed by atoms with Crippen LogP contribution >= 0.6 is 22.9 Å². The second-order valence-electron chi connectivity index (χ2n) is 3.76. The predicted octanol–water partition coefficient (Wildman–Crippen LogP) is 2.88. The first kappa shape index (κ1) is 10.3. The fourth-order valence-corrected chi connectivity index (χ4v) is 3.18. The second-order valence-corrected chi connectivity index (χ2v) is 5.03.